The van der Waals surface area contributed by atoms with Crippen molar-refractivity contribution in [2.24, 2.45) is 7.05 Å². The van der Waals surface area contributed by atoms with Gasteiger partial charge in [-0.15, -0.1) is 6.58 Å². The van der Waals surface area contributed by atoms with Crippen molar-refractivity contribution in [2.45, 2.75) is 6.54 Å². The number of allylic oxidation sites excluding steroid dienone is 1. The monoisotopic (exact) mass is 280 g/mol. The van der Waals surface area contributed by atoms with Crippen LogP contribution in [0, 0.1) is 0 Å². The molecular formula is C17H16N2O2. The fourth-order valence-corrected chi connectivity index (χ4v) is 2.58. The first kappa shape index (κ1) is 13.2. The molecule has 1 N–H and O–H groups in total. The second-order valence-electron chi connectivity index (χ2n) is 4.99. The van der Waals surface area contributed by atoms with Crippen LogP contribution in [0.1, 0.15) is 0 Å². The van der Waals surface area contributed by atoms with Crippen LogP contribution in [0.3, 0.4) is 0 Å². The average molecular weight is 280 g/mol. The first-order valence-electron chi connectivity index (χ1n) is 6.71. The van der Waals surface area contributed by atoms with Crippen molar-refractivity contribution >= 4 is 11.0 Å². The normalized spacial score (nSPS) is 10.9. The van der Waals surface area contributed by atoms with E-state index in [-0.39, 0.29) is 11.4 Å². The van der Waals surface area contributed by atoms with E-state index >= 15 is 0 Å². The van der Waals surface area contributed by atoms with Crippen LogP contribution in [-0.2, 0) is 13.6 Å². The minimum Gasteiger partial charge on any atom is -0.508 e. The summed E-state index contributed by atoms with van der Waals surface area (Å²) in [6.45, 7) is 4.18. The van der Waals surface area contributed by atoms with Gasteiger partial charge in [0.15, 0.2) is 0 Å². The van der Waals surface area contributed by atoms with Gasteiger partial charge in [0.25, 0.3) is 0 Å². The summed E-state index contributed by atoms with van der Waals surface area (Å²) in [7, 11) is 1.76. The molecule has 0 aliphatic rings. The van der Waals surface area contributed by atoms with Gasteiger partial charge in [0, 0.05) is 13.6 Å². The lowest BCUT2D eigenvalue weighted by Crippen LogP contribution is -2.21. The van der Waals surface area contributed by atoms with Gasteiger partial charge in [-0.3, -0.25) is 9.13 Å². The average Bonchev–Trinajstić information content (AvgIpc) is 2.72. The predicted octanol–water partition coefficient (Wildman–Crippen LogP) is 2.90. The summed E-state index contributed by atoms with van der Waals surface area (Å²) in [5.74, 6) is 0.228. The largest absolute Gasteiger partial charge is 0.508 e. The molecule has 21 heavy (non-hydrogen) atoms. The first-order valence-corrected chi connectivity index (χ1v) is 6.71. The number of nitrogens with zero attached hydrogens (tertiary/aromatic N) is 2. The summed E-state index contributed by atoms with van der Waals surface area (Å²) in [5.41, 5.74) is 3.57. The van der Waals surface area contributed by atoms with Gasteiger partial charge in [0.05, 0.1) is 11.0 Å². The molecule has 0 aliphatic carbocycles. The quantitative estimate of drug-likeness (QED) is 0.750. The molecule has 4 heteroatoms. The summed E-state index contributed by atoms with van der Waals surface area (Å²) >= 11 is 0. The maximum atomic E-state index is 12.2. The van der Waals surface area contributed by atoms with Crippen molar-refractivity contribution in [3.05, 3.63) is 65.6 Å². The van der Waals surface area contributed by atoms with Crippen molar-refractivity contribution < 1.29 is 5.11 Å². The zero-order valence-electron chi connectivity index (χ0n) is 11.8. The summed E-state index contributed by atoms with van der Waals surface area (Å²) in [4.78, 5) is 12.2. The Morgan fingerprint density at radius 1 is 1.14 bits per heavy atom. The number of hydrogen-bond acceptors (Lipinski definition) is 2. The van der Waals surface area contributed by atoms with E-state index in [9.17, 15) is 9.90 Å². The Kier molecular flexibility index (Phi) is 3.14. The Hall–Kier alpha value is -2.75. The van der Waals surface area contributed by atoms with Crippen LogP contribution in [0.25, 0.3) is 22.2 Å². The topological polar surface area (TPSA) is 47.2 Å². The van der Waals surface area contributed by atoms with Crippen LogP contribution < -0.4 is 5.69 Å². The Labute approximate surface area is 122 Å². The van der Waals surface area contributed by atoms with Crippen molar-refractivity contribution in [3.63, 3.8) is 0 Å². The minimum absolute atomic E-state index is 0.0574. The first-order chi connectivity index (χ1) is 10.1. The Bertz CT molecular complexity index is 887. The molecule has 0 saturated heterocycles. The lowest BCUT2D eigenvalue weighted by atomic mass is 10.0. The molecular weight excluding hydrogens is 264 g/mol. The van der Waals surface area contributed by atoms with E-state index in [0.29, 0.717) is 6.54 Å². The zero-order valence-corrected chi connectivity index (χ0v) is 11.8. The summed E-state index contributed by atoms with van der Waals surface area (Å²) < 4.78 is 3.32. The van der Waals surface area contributed by atoms with Gasteiger partial charge in [-0.25, -0.2) is 4.79 Å². The highest BCUT2D eigenvalue weighted by atomic mass is 16.3. The summed E-state index contributed by atoms with van der Waals surface area (Å²) in [6, 6.07) is 12.9. The van der Waals surface area contributed by atoms with E-state index in [0.717, 1.165) is 22.2 Å². The summed E-state index contributed by atoms with van der Waals surface area (Å²) in [5, 5.41) is 9.59. The zero-order chi connectivity index (χ0) is 15.0. The van der Waals surface area contributed by atoms with Crippen LogP contribution in [0.4, 0.5) is 0 Å². The maximum Gasteiger partial charge on any atom is 0.329 e. The second-order valence-corrected chi connectivity index (χ2v) is 4.99. The molecule has 0 unspecified atom stereocenters. The molecule has 2 aromatic carbocycles. The molecule has 0 aliphatic heterocycles. The smallest absolute Gasteiger partial charge is 0.329 e. The Morgan fingerprint density at radius 2 is 1.90 bits per heavy atom. The minimum atomic E-state index is -0.0574. The summed E-state index contributed by atoms with van der Waals surface area (Å²) in [6.07, 6.45) is 1.71. The number of rotatable bonds is 3. The van der Waals surface area contributed by atoms with E-state index < -0.39 is 0 Å². The van der Waals surface area contributed by atoms with Crippen molar-refractivity contribution in [1.29, 1.82) is 0 Å². The highest BCUT2D eigenvalue weighted by Crippen LogP contribution is 2.26. The molecule has 3 rings (SSSR count). The fraction of sp³-hybridized carbons (Fsp3) is 0.118. The Balaban J connectivity index is 2.24. The number of benzene rings is 2. The van der Waals surface area contributed by atoms with E-state index in [2.05, 4.69) is 6.58 Å². The van der Waals surface area contributed by atoms with Crippen molar-refractivity contribution in [2.75, 3.05) is 0 Å². The van der Waals surface area contributed by atoms with Gasteiger partial charge in [-0.2, -0.15) is 0 Å². The predicted molar refractivity (Wildman–Crippen MR) is 84.5 cm³/mol. The SMILES string of the molecule is C=CCn1c(=O)n(C)c2cc(-c3cccc(O)c3)ccc21. The number of fused-ring (bicyclic) bond motifs is 1. The van der Waals surface area contributed by atoms with Gasteiger partial charge >= 0.3 is 5.69 Å². The number of aromatic nitrogens is 2. The third kappa shape index (κ3) is 2.14. The highest BCUT2D eigenvalue weighted by molar-refractivity contribution is 5.83. The molecule has 0 bridgehead atoms. The molecule has 3 aromatic rings. The molecule has 0 fully saturated rings. The van der Waals surface area contributed by atoms with Crippen LogP contribution in [0.5, 0.6) is 5.75 Å². The number of hydrogen-bond donors (Lipinski definition) is 1. The number of imidazole rings is 1. The fourth-order valence-electron chi connectivity index (χ4n) is 2.58. The lowest BCUT2D eigenvalue weighted by Gasteiger charge is -2.04. The van der Waals surface area contributed by atoms with Gasteiger partial charge in [-0.1, -0.05) is 24.3 Å². The molecule has 0 spiro atoms. The van der Waals surface area contributed by atoms with E-state index in [4.69, 9.17) is 0 Å². The highest BCUT2D eigenvalue weighted by Gasteiger charge is 2.10. The Morgan fingerprint density at radius 3 is 2.62 bits per heavy atom. The molecule has 0 atom stereocenters. The second kappa shape index (κ2) is 4.98. The third-order valence-corrected chi connectivity index (χ3v) is 3.64. The van der Waals surface area contributed by atoms with Crippen molar-refractivity contribution in [3.8, 4) is 16.9 Å². The molecule has 0 radical (unpaired) electrons. The van der Waals surface area contributed by atoms with Crippen LogP contribution >= 0.6 is 0 Å². The van der Waals surface area contributed by atoms with Gasteiger partial charge in [0.1, 0.15) is 5.75 Å². The van der Waals surface area contributed by atoms with Gasteiger partial charge in [0.2, 0.25) is 0 Å². The number of phenols is 1. The molecule has 0 amide bonds. The van der Waals surface area contributed by atoms with E-state index in [1.54, 1.807) is 40.5 Å². The maximum absolute atomic E-state index is 12.2. The van der Waals surface area contributed by atoms with E-state index in [1.807, 2.05) is 24.3 Å². The molecule has 1 aromatic heterocycles. The van der Waals surface area contributed by atoms with Crippen LogP contribution in [0.15, 0.2) is 59.9 Å². The lowest BCUT2D eigenvalue weighted by molar-refractivity contribution is 0.475. The molecule has 106 valence electrons. The van der Waals surface area contributed by atoms with Crippen LogP contribution in [-0.4, -0.2) is 14.2 Å². The van der Waals surface area contributed by atoms with Gasteiger partial charge in [-0.05, 0) is 35.4 Å². The standard InChI is InChI=1S/C17H16N2O2/c1-3-9-19-15-8-7-13(11-16(15)18(2)17(19)21)12-5-4-6-14(20)10-12/h3-8,10-11,20H,1,9H2,2H3. The number of aryl methyl sites for hydroxylation is 1. The van der Waals surface area contributed by atoms with Crippen molar-refractivity contribution in [1.82, 2.24) is 9.13 Å². The van der Waals surface area contributed by atoms with Crippen LogP contribution in [0.2, 0.25) is 0 Å². The molecule has 0 saturated carbocycles. The number of phenolic OH excluding ortho intramolecular Hbond substituents is 1. The number of aromatic hydroxyl groups is 1. The molecule has 4 nitrogen and oxygen atoms in total. The molecule has 1 heterocycles. The van der Waals surface area contributed by atoms with E-state index in [1.165, 1.54) is 0 Å². The van der Waals surface area contributed by atoms with Gasteiger partial charge < -0.3 is 5.11 Å². The third-order valence-electron chi connectivity index (χ3n) is 3.64.